The Morgan fingerprint density at radius 3 is 1.36 bits per heavy atom. The van der Waals surface area contributed by atoms with Crippen LogP contribution in [-0.4, -0.2) is 195 Å². The van der Waals surface area contributed by atoms with Crippen LogP contribution in [0.15, 0.2) is 0 Å². The third-order valence-corrected chi connectivity index (χ3v) is 6.51. The molecule has 0 bridgehead atoms. The van der Waals surface area contributed by atoms with E-state index in [4.69, 9.17) is 9.47 Å². The zero-order valence-corrected chi connectivity index (χ0v) is 21.4. The maximum absolute atomic E-state index is 11.4. The van der Waals surface area contributed by atoms with Crippen molar-refractivity contribution in [3.8, 4) is 0 Å². The van der Waals surface area contributed by atoms with Crippen molar-refractivity contribution in [1.29, 1.82) is 0 Å². The number of aliphatic carboxylic acids is 4. The molecule has 0 saturated carbocycles. The lowest BCUT2D eigenvalue weighted by molar-refractivity contribution is -0.294. The number of aliphatic hydroxyl groups excluding tert-OH is 3. The minimum Gasteiger partial charge on any atom is -0.480 e. The maximum atomic E-state index is 11.4. The molecular weight excluding hydrogens is 528 g/mol. The molecule has 0 radical (unpaired) electrons. The summed E-state index contributed by atoms with van der Waals surface area (Å²) in [6, 6.07) is 0. The molecule has 2 aliphatic heterocycles. The van der Waals surface area contributed by atoms with E-state index in [1.165, 1.54) is 0 Å². The first-order valence-electron chi connectivity index (χ1n) is 12.5. The van der Waals surface area contributed by atoms with Crippen LogP contribution in [0.5, 0.6) is 0 Å². The predicted molar refractivity (Wildman–Crippen MR) is 129 cm³/mol. The summed E-state index contributed by atoms with van der Waals surface area (Å²) in [5, 5.41) is 66.9. The lowest BCUT2D eigenvalue weighted by atomic mass is 9.99. The van der Waals surface area contributed by atoms with Crippen molar-refractivity contribution < 1.29 is 64.4 Å². The monoisotopic (exact) mass is 566 g/mol. The van der Waals surface area contributed by atoms with Crippen molar-refractivity contribution in [2.45, 2.75) is 30.7 Å². The van der Waals surface area contributed by atoms with Gasteiger partial charge in [-0.2, -0.15) is 0 Å². The SMILES string of the molecule is O=C(O)CN1CCN(CCOC2OC(C(=O)O)C(O)C(O)C2O)CCN(CC(=O)O)CCN(CC(=O)O)CC1. The molecule has 224 valence electrons. The van der Waals surface area contributed by atoms with Gasteiger partial charge in [0, 0.05) is 58.9 Å². The van der Waals surface area contributed by atoms with Crippen LogP contribution in [0.3, 0.4) is 0 Å². The first-order chi connectivity index (χ1) is 18.4. The van der Waals surface area contributed by atoms with Crippen LogP contribution in [0, 0.1) is 0 Å². The number of ether oxygens (including phenoxy) is 2. The Hall–Kier alpha value is -2.48. The molecule has 17 nitrogen and oxygen atoms in total. The second-order valence-corrected chi connectivity index (χ2v) is 9.46. The van der Waals surface area contributed by atoms with Crippen molar-refractivity contribution in [3.05, 3.63) is 0 Å². The summed E-state index contributed by atoms with van der Waals surface area (Å²) in [5.41, 5.74) is 0. The van der Waals surface area contributed by atoms with Crippen molar-refractivity contribution >= 4 is 23.9 Å². The number of aliphatic hydroxyl groups is 3. The second kappa shape index (κ2) is 15.9. The Morgan fingerprint density at radius 1 is 0.615 bits per heavy atom. The Balaban J connectivity index is 2.07. The molecule has 0 aromatic heterocycles. The van der Waals surface area contributed by atoms with Crippen molar-refractivity contribution in [1.82, 2.24) is 19.6 Å². The van der Waals surface area contributed by atoms with E-state index in [0.29, 0.717) is 26.2 Å². The van der Waals surface area contributed by atoms with Crippen LogP contribution in [0.25, 0.3) is 0 Å². The minimum absolute atomic E-state index is 0.0961. The van der Waals surface area contributed by atoms with Crippen LogP contribution in [0.1, 0.15) is 0 Å². The topological polar surface area (TPSA) is 241 Å². The van der Waals surface area contributed by atoms with E-state index < -0.39 is 54.6 Å². The zero-order valence-electron chi connectivity index (χ0n) is 21.4. The van der Waals surface area contributed by atoms with Gasteiger partial charge in [0.25, 0.3) is 0 Å². The number of rotatable bonds is 11. The summed E-state index contributed by atoms with van der Waals surface area (Å²) >= 11 is 0. The quantitative estimate of drug-likeness (QED) is 0.124. The van der Waals surface area contributed by atoms with Gasteiger partial charge in [0.2, 0.25) is 0 Å². The Morgan fingerprint density at radius 2 is 1.00 bits per heavy atom. The van der Waals surface area contributed by atoms with E-state index in [1.807, 2.05) is 4.90 Å². The minimum atomic E-state index is -1.85. The molecule has 17 heteroatoms. The van der Waals surface area contributed by atoms with Crippen LogP contribution in [0.2, 0.25) is 0 Å². The standard InChI is InChI=1S/C22H38N4O13/c27-14(28)11-24-3-1-23(9-10-38-22-19(35)17(33)18(34)20(39-22)21(36)37)2-4-25(12-15(29)30)6-8-26(7-5-24)13-16(31)32/h17-20,22,33-35H,1-13H2,(H,27,28)(H,29,30)(H,31,32)(H,36,37). The van der Waals surface area contributed by atoms with Gasteiger partial charge in [-0.3, -0.25) is 34.0 Å². The highest BCUT2D eigenvalue weighted by molar-refractivity contribution is 5.73. The molecule has 5 unspecified atom stereocenters. The van der Waals surface area contributed by atoms with E-state index in [-0.39, 0.29) is 59.0 Å². The normalized spacial score (nSPS) is 29.3. The molecule has 5 atom stereocenters. The number of carboxylic acids is 4. The third-order valence-electron chi connectivity index (χ3n) is 6.51. The maximum Gasteiger partial charge on any atom is 0.335 e. The van der Waals surface area contributed by atoms with E-state index in [2.05, 4.69) is 0 Å². The van der Waals surface area contributed by atoms with Gasteiger partial charge in [0.15, 0.2) is 12.4 Å². The number of hydrogen-bond acceptors (Lipinski definition) is 13. The lowest BCUT2D eigenvalue weighted by Crippen LogP contribution is -2.60. The second-order valence-electron chi connectivity index (χ2n) is 9.46. The van der Waals surface area contributed by atoms with Crippen molar-refractivity contribution in [2.24, 2.45) is 0 Å². The molecule has 7 N–H and O–H groups in total. The van der Waals surface area contributed by atoms with E-state index >= 15 is 0 Å². The smallest absolute Gasteiger partial charge is 0.335 e. The fourth-order valence-electron chi connectivity index (χ4n) is 4.34. The Kier molecular flexibility index (Phi) is 13.4. The van der Waals surface area contributed by atoms with Gasteiger partial charge in [-0.05, 0) is 0 Å². The van der Waals surface area contributed by atoms with E-state index in [1.54, 1.807) is 14.7 Å². The zero-order chi connectivity index (χ0) is 29.1. The van der Waals surface area contributed by atoms with Gasteiger partial charge < -0.3 is 45.2 Å². The van der Waals surface area contributed by atoms with Crippen molar-refractivity contribution in [2.75, 3.05) is 85.1 Å². The largest absolute Gasteiger partial charge is 0.480 e. The highest BCUT2D eigenvalue weighted by atomic mass is 16.7. The molecule has 0 aromatic carbocycles. The van der Waals surface area contributed by atoms with E-state index in [9.17, 15) is 54.9 Å². The number of carbonyl (C=O) groups is 4. The van der Waals surface area contributed by atoms with Gasteiger partial charge in [-0.15, -0.1) is 0 Å². The third kappa shape index (κ3) is 11.3. The Bertz CT molecular complexity index is 802. The summed E-state index contributed by atoms with van der Waals surface area (Å²) in [7, 11) is 0. The summed E-state index contributed by atoms with van der Waals surface area (Å²) in [6.07, 6.45) is -8.68. The molecule has 0 aliphatic carbocycles. The fourth-order valence-corrected chi connectivity index (χ4v) is 4.34. The molecule has 39 heavy (non-hydrogen) atoms. The van der Waals surface area contributed by atoms with Crippen LogP contribution in [0.4, 0.5) is 0 Å². The summed E-state index contributed by atoms with van der Waals surface area (Å²) in [5.74, 6) is -4.69. The first-order valence-corrected chi connectivity index (χ1v) is 12.5. The van der Waals surface area contributed by atoms with Gasteiger partial charge in [-0.25, -0.2) is 4.79 Å². The van der Waals surface area contributed by atoms with Gasteiger partial charge >= 0.3 is 23.9 Å². The first kappa shape index (κ1) is 32.7. The highest BCUT2D eigenvalue weighted by Gasteiger charge is 2.47. The molecular formula is C22H38N4O13. The summed E-state index contributed by atoms with van der Waals surface area (Å²) < 4.78 is 10.6. The molecule has 2 fully saturated rings. The molecule has 2 rings (SSSR count). The van der Waals surface area contributed by atoms with Crippen LogP contribution < -0.4 is 0 Å². The number of hydrogen-bond donors (Lipinski definition) is 7. The molecule has 0 amide bonds. The van der Waals surface area contributed by atoms with E-state index in [0.717, 1.165) is 0 Å². The van der Waals surface area contributed by atoms with Crippen LogP contribution >= 0.6 is 0 Å². The molecule has 0 aromatic rings. The number of nitrogens with zero attached hydrogens (tertiary/aromatic N) is 4. The average Bonchev–Trinajstić information content (AvgIpc) is 2.84. The summed E-state index contributed by atoms with van der Waals surface area (Å²) in [4.78, 5) is 52.1. The lowest BCUT2D eigenvalue weighted by Gasteiger charge is -2.38. The highest BCUT2D eigenvalue weighted by Crippen LogP contribution is 2.22. The van der Waals surface area contributed by atoms with Gasteiger partial charge in [-0.1, -0.05) is 0 Å². The van der Waals surface area contributed by atoms with Crippen molar-refractivity contribution in [3.63, 3.8) is 0 Å². The average molecular weight is 567 g/mol. The van der Waals surface area contributed by atoms with Crippen LogP contribution in [-0.2, 0) is 28.7 Å². The fraction of sp³-hybridized carbons (Fsp3) is 0.818. The molecule has 2 aliphatic rings. The van der Waals surface area contributed by atoms with Gasteiger partial charge in [0.05, 0.1) is 26.2 Å². The summed E-state index contributed by atoms with van der Waals surface area (Å²) in [6.45, 7) is 1.62. The molecule has 2 heterocycles. The predicted octanol–water partition coefficient (Wildman–Crippen LogP) is -4.63. The van der Waals surface area contributed by atoms with Gasteiger partial charge in [0.1, 0.15) is 18.3 Å². The number of carboxylic acid groups (broad SMARTS) is 4. The molecule has 2 saturated heterocycles. The molecule has 0 spiro atoms. The Labute approximate surface area is 224 Å².